The molecule has 32 heavy (non-hydrogen) atoms. The van der Waals surface area contributed by atoms with E-state index in [1.54, 1.807) is 29.5 Å². The van der Waals surface area contributed by atoms with Gasteiger partial charge in [-0.15, -0.1) is 11.3 Å². The van der Waals surface area contributed by atoms with Crippen LogP contribution >= 0.6 is 11.3 Å². The summed E-state index contributed by atoms with van der Waals surface area (Å²) in [4.78, 5) is 1.08. The molecule has 8 heteroatoms. The molecule has 0 bridgehead atoms. The van der Waals surface area contributed by atoms with E-state index in [9.17, 15) is 8.42 Å². The maximum Gasteiger partial charge on any atom is 0.241 e. The largest absolute Gasteiger partial charge is 0.456 e. The second-order valence-electron chi connectivity index (χ2n) is 7.23. The SMILES string of the molecule is Nc1cc(Cc2ccccc2NCc2cccs2)c(Oc2ccccc2)c(S(N)(=O)=O)c1. The molecule has 0 unspecified atom stereocenters. The molecule has 6 nitrogen and oxygen atoms in total. The molecule has 4 aromatic rings. The standard InChI is InChI=1S/C24H23N3O3S2/c25-19-14-18(13-17-7-4-5-11-22(17)27-16-21-10-6-12-31-21)24(23(15-19)32(26,28)29)30-20-8-2-1-3-9-20/h1-12,14-15,27H,13,16,25H2,(H2,26,28,29). The molecule has 0 saturated carbocycles. The van der Waals surface area contributed by atoms with Crippen molar-refractivity contribution in [1.29, 1.82) is 0 Å². The van der Waals surface area contributed by atoms with Crippen LogP contribution in [-0.4, -0.2) is 8.42 Å². The zero-order valence-corrected chi connectivity index (χ0v) is 18.8. The van der Waals surface area contributed by atoms with Crippen molar-refractivity contribution in [2.24, 2.45) is 5.14 Å². The number of hydrogen-bond donors (Lipinski definition) is 3. The number of nitrogens with one attached hydrogen (secondary N) is 1. The van der Waals surface area contributed by atoms with Crippen molar-refractivity contribution in [3.8, 4) is 11.5 Å². The van der Waals surface area contributed by atoms with Crippen LogP contribution in [0.5, 0.6) is 11.5 Å². The second kappa shape index (κ2) is 9.44. The first kappa shape index (κ1) is 21.9. The van der Waals surface area contributed by atoms with Crippen LogP contribution in [0, 0.1) is 0 Å². The maximum absolute atomic E-state index is 12.3. The lowest BCUT2D eigenvalue weighted by Gasteiger charge is -2.18. The Hall–Kier alpha value is -3.33. The lowest BCUT2D eigenvalue weighted by Crippen LogP contribution is -2.15. The van der Waals surface area contributed by atoms with Crippen molar-refractivity contribution in [2.75, 3.05) is 11.1 Å². The number of ether oxygens (including phenoxy) is 1. The fraction of sp³-hybridized carbons (Fsp3) is 0.0833. The van der Waals surface area contributed by atoms with E-state index >= 15 is 0 Å². The van der Waals surface area contributed by atoms with Gasteiger partial charge in [0.25, 0.3) is 0 Å². The molecule has 1 aromatic heterocycles. The number of nitrogens with two attached hydrogens (primary N) is 2. The Kier molecular flexibility index (Phi) is 6.45. The van der Waals surface area contributed by atoms with E-state index < -0.39 is 10.0 Å². The number of sulfonamides is 1. The predicted molar refractivity (Wildman–Crippen MR) is 130 cm³/mol. The third-order valence-electron chi connectivity index (χ3n) is 4.86. The number of para-hydroxylation sites is 2. The lowest BCUT2D eigenvalue weighted by atomic mass is 10.0. The van der Waals surface area contributed by atoms with E-state index in [0.29, 0.717) is 30.0 Å². The molecule has 0 aliphatic rings. The van der Waals surface area contributed by atoms with E-state index in [2.05, 4.69) is 11.4 Å². The quantitative estimate of drug-likeness (QED) is 0.318. The number of anilines is 2. The van der Waals surface area contributed by atoms with Gasteiger partial charge in [-0.2, -0.15) is 0 Å². The monoisotopic (exact) mass is 465 g/mol. The minimum atomic E-state index is -4.06. The Balaban J connectivity index is 1.73. The Morgan fingerprint density at radius 2 is 1.66 bits per heavy atom. The van der Waals surface area contributed by atoms with E-state index in [-0.39, 0.29) is 10.6 Å². The van der Waals surface area contributed by atoms with Gasteiger partial charge in [-0.3, -0.25) is 0 Å². The molecule has 0 amide bonds. The van der Waals surface area contributed by atoms with Gasteiger partial charge in [0.15, 0.2) is 5.75 Å². The van der Waals surface area contributed by atoms with Crippen LogP contribution in [0.1, 0.15) is 16.0 Å². The zero-order chi connectivity index (χ0) is 22.6. The van der Waals surface area contributed by atoms with Crippen LogP contribution in [-0.2, 0) is 23.0 Å². The molecule has 0 aliphatic heterocycles. The van der Waals surface area contributed by atoms with E-state index in [1.807, 2.05) is 53.9 Å². The average molecular weight is 466 g/mol. The summed E-state index contributed by atoms with van der Waals surface area (Å²) in [6.45, 7) is 0.696. The van der Waals surface area contributed by atoms with Crippen molar-refractivity contribution in [3.63, 3.8) is 0 Å². The average Bonchev–Trinajstić information content (AvgIpc) is 3.28. The van der Waals surface area contributed by atoms with Crippen molar-refractivity contribution >= 4 is 32.7 Å². The van der Waals surface area contributed by atoms with Crippen molar-refractivity contribution in [2.45, 2.75) is 17.9 Å². The fourth-order valence-electron chi connectivity index (χ4n) is 3.40. The van der Waals surface area contributed by atoms with Crippen molar-refractivity contribution in [3.05, 3.63) is 100 Å². The molecule has 0 radical (unpaired) electrons. The van der Waals surface area contributed by atoms with Gasteiger partial charge in [-0.1, -0.05) is 42.5 Å². The summed E-state index contributed by atoms with van der Waals surface area (Å²) in [5.74, 6) is 0.688. The van der Waals surface area contributed by atoms with Crippen LogP contribution in [0.4, 0.5) is 11.4 Å². The van der Waals surface area contributed by atoms with Gasteiger partial charge in [-0.25, -0.2) is 13.6 Å². The number of hydrogen-bond acceptors (Lipinski definition) is 6. The van der Waals surface area contributed by atoms with Crippen LogP contribution in [0.15, 0.2) is 89.1 Å². The van der Waals surface area contributed by atoms with Crippen molar-refractivity contribution < 1.29 is 13.2 Å². The molecule has 164 valence electrons. The third-order valence-corrected chi connectivity index (χ3v) is 6.65. The second-order valence-corrected chi connectivity index (χ2v) is 9.80. The lowest BCUT2D eigenvalue weighted by molar-refractivity contribution is 0.462. The highest BCUT2D eigenvalue weighted by Crippen LogP contribution is 2.36. The van der Waals surface area contributed by atoms with Crippen LogP contribution in [0.25, 0.3) is 0 Å². The Morgan fingerprint density at radius 3 is 2.38 bits per heavy atom. The molecule has 0 spiro atoms. The summed E-state index contributed by atoms with van der Waals surface area (Å²) in [5.41, 5.74) is 8.90. The normalized spacial score (nSPS) is 11.3. The molecule has 0 saturated heterocycles. The van der Waals surface area contributed by atoms with Gasteiger partial charge in [0.1, 0.15) is 10.6 Å². The summed E-state index contributed by atoms with van der Waals surface area (Å²) in [7, 11) is -4.06. The molecule has 3 aromatic carbocycles. The molecule has 0 fully saturated rings. The molecule has 5 N–H and O–H groups in total. The van der Waals surface area contributed by atoms with Gasteiger partial charge in [0.05, 0.1) is 0 Å². The summed E-state index contributed by atoms with van der Waals surface area (Å²) < 4.78 is 30.7. The van der Waals surface area contributed by atoms with Gasteiger partial charge in [0.2, 0.25) is 10.0 Å². The maximum atomic E-state index is 12.3. The van der Waals surface area contributed by atoms with Crippen LogP contribution in [0.3, 0.4) is 0 Å². The highest BCUT2D eigenvalue weighted by Gasteiger charge is 2.22. The Bertz CT molecular complexity index is 1310. The topological polar surface area (TPSA) is 107 Å². The summed E-state index contributed by atoms with van der Waals surface area (Å²) in [5, 5.41) is 11.0. The Labute approximate surface area is 191 Å². The van der Waals surface area contributed by atoms with Gasteiger partial charge in [-0.05, 0) is 47.3 Å². The van der Waals surface area contributed by atoms with Crippen LogP contribution in [0.2, 0.25) is 0 Å². The third kappa shape index (κ3) is 5.28. The first-order valence-electron chi connectivity index (χ1n) is 9.92. The fourth-order valence-corrected chi connectivity index (χ4v) is 4.77. The highest BCUT2D eigenvalue weighted by atomic mass is 32.2. The molecular formula is C24H23N3O3S2. The molecular weight excluding hydrogens is 442 g/mol. The highest BCUT2D eigenvalue weighted by molar-refractivity contribution is 7.89. The molecule has 0 aliphatic carbocycles. The summed E-state index contributed by atoms with van der Waals surface area (Å²) in [6, 6.07) is 24.0. The smallest absolute Gasteiger partial charge is 0.241 e. The molecule has 4 rings (SSSR count). The van der Waals surface area contributed by atoms with Gasteiger partial charge < -0.3 is 15.8 Å². The molecule has 1 heterocycles. The van der Waals surface area contributed by atoms with Gasteiger partial charge in [0, 0.05) is 34.8 Å². The molecule has 0 atom stereocenters. The predicted octanol–water partition coefficient (Wildman–Crippen LogP) is 4.97. The zero-order valence-electron chi connectivity index (χ0n) is 17.2. The summed E-state index contributed by atoms with van der Waals surface area (Å²) >= 11 is 1.68. The number of benzene rings is 3. The van der Waals surface area contributed by atoms with Gasteiger partial charge >= 0.3 is 0 Å². The minimum absolute atomic E-state index is 0.139. The minimum Gasteiger partial charge on any atom is -0.456 e. The number of nitrogen functional groups attached to an aromatic ring is 1. The number of thiophene rings is 1. The Morgan fingerprint density at radius 1 is 0.906 bits per heavy atom. The first-order valence-corrected chi connectivity index (χ1v) is 12.3. The number of primary sulfonamides is 1. The van der Waals surface area contributed by atoms with E-state index in [4.69, 9.17) is 15.6 Å². The van der Waals surface area contributed by atoms with E-state index in [0.717, 1.165) is 11.3 Å². The summed E-state index contributed by atoms with van der Waals surface area (Å²) in [6.07, 6.45) is 0.406. The van der Waals surface area contributed by atoms with E-state index in [1.165, 1.54) is 10.9 Å². The van der Waals surface area contributed by atoms with Crippen molar-refractivity contribution in [1.82, 2.24) is 0 Å². The first-order chi connectivity index (χ1) is 15.4. The number of rotatable bonds is 8. The van der Waals surface area contributed by atoms with Crippen LogP contribution < -0.4 is 20.9 Å².